The summed E-state index contributed by atoms with van der Waals surface area (Å²) < 4.78 is 4.84. The van der Waals surface area contributed by atoms with Crippen LogP contribution >= 0.6 is 0 Å². The molecule has 9 heavy (non-hydrogen) atoms. The van der Waals surface area contributed by atoms with Crippen LogP contribution in [0, 0.1) is 0 Å². The molecule has 0 saturated heterocycles. The third kappa shape index (κ3) is 1.10. The number of hydrogen-bond acceptors (Lipinski definition) is 2. The number of rotatable bonds is 1. The van der Waals surface area contributed by atoms with Crippen LogP contribution in [0.15, 0.2) is 11.6 Å². The number of carbonyl (C=O) groups is 1. The van der Waals surface area contributed by atoms with Gasteiger partial charge in [0.15, 0.2) is 0 Å². The van der Waals surface area contributed by atoms with Crippen molar-refractivity contribution in [2.24, 2.45) is 0 Å². The van der Waals surface area contributed by atoms with Crippen molar-refractivity contribution in [1.29, 1.82) is 0 Å². The van der Waals surface area contributed by atoms with E-state index in [0.29, 0.717) is 0 Å². The number of hydrogen-bond donors (Lipinski definition) is 1. The summed E-state index contributed by atoms with van der Waals surface area (Å²) >= 11 is 0. The summed E-state index contributed by atoms with van der Waals surface area (Å²) in [4.78, 5) is 10.7. The second kappa shape index (κ2) is 2.19. The quantitative estimate of drug-likeness (QED) is 0.540. The van der Waals surface area contributed by atoms with Crippen LogP contribution in [0.2, 0.25) is 0 Å². The summed E-state index contributed by atoms with van der Waals surface area (Å²) in [7, 11) is 1.56. The highest BCUT2D eigenvalue weighted by molar-refractivity contribution is 5.95. The molecule has 1 heterocycles. The van der Waals surface area contributed by atoms with Crippen molar-refractivity contribution in [2.75, 3.05) is 7.11 Å². The Hall–Kier alpha value is -0.830. The van der Waals surface area contributed by atoms with Gasteiger partial charge in [-0.1, -0.05) is 0 Å². The Morgan fingerprint density at radius 2 is 2.44 bits per heavy atom. The van der Waals surface area contributed by atoms with Crippen molar-refractivity contribution in [3.05, 3.63) is 11.6 Å². The predicted molar refractivity (Wildman–Crippen MR) is 32.7 cm³/mol. The van der Waals surface area contributed by atoms with E-state index in [1.54, 1.807) is 20.1 Å². The van der Waals surface area contributed by atoms with E-state index in [0.717, 1.165) is 5.57 Å². The Bertz CT molecular complexity index is 162. The summed E-state index contributed by atoms with van der Waals surface area (Å²) in [5.74, 6) is -0.0400. The molecular formula is C6H9NO2. The van der Waals surface area contributed by atoms with Gasteiger partial charge in [0.2, 0.25) is 5.91 Å². The van der Waals surface area contributed by atoms with Gasteiger partial charge in [-0.05, 0) is 13.0 Å². The average molecular weight is 127 g/mol. The molecule has 0 aromatic heterocycles. The zero-order chi connectivity index (χ0) is 6.85. The lowest BCUT2D eigenvalue weighted by Gasteiger charge is -2.03. The highest BCUT2D eigenvalue weighted by atomic mass is 16.5. The fraction of sp³-hybridized carbons (Fsp3) is 0.500. The van der Waals surface area contributed by atoms with Gasteiger partial charge in [0.1, 0.15) is 6.23 Å². The van der Waals surface area contributed by atoms with Crippen molar-refractivity contribution in [3.8, 4) is 0 Å². The largest absolute Gasteiger partial charge is 0.358 e. The average Bonchev–Trinajstić information content (AvgIpc) is 2.13. The minimum Gasteiger partial charge on any atom is -0.358 e. The molecule has 1 rings (SSSR count). The molecular weight excluding hydrogens is 118 g/mol. The number of ether oxygens (including phenoxy) is 1. The van der Waals surface area contributed by atoms with E-state index < -0.39 is 0 Å². The maximum Gasteiger partial charge on any atom is 0.248 e. The van der Waals surface area contributed by atoms with Gasteiger partial charge >= 0.3 is 0 Å². The number of carbonyl (C=O) groups excluding carboxylic acids is 1. The summed E-state index contributed by atoms with van der Waals surface area (Å²) in [5.41, 5.74) is 0.724. The molecule has 0 aliphatic carbocycles. The van der Waals surface area contributed by atoms with Gasteiger partial charge in [-0.3, -0.25) is 4.79 Å². The van der Waals surface area contributed by atoms with E-state index in [1.165, 1.54) is 0 Å². The molecule has 0 bridgehead atoms. The summed E-state index contributed by atoms with van der Waals surface area (Å²) in [5, 5.41) is 2.60. The highest BCUT2D eigenvalue weighted by Crippen LogP contribution is 2.04. The molecule has 0 fully saturated rings. The van der Waals surface area contributed by atoms with Crippen molar-refractivity contribution >= 4 is 5.91 Å². The molecule has 3 heteroatoms. The normalized spacial score (nSPS) is 25.8. The molecule has 0 saturated carbocycles. The molecule has 1 atom stereocenters. The van der Waals surface area contributed by atoms with Gasteiger partial charge in [0.25, 0.3) is 0 Å². The molecule has 50 valence electrons. The Morgan fingerprint density at radius 3 is 2.67 bits per heavy atom. The first kappa shape index (κ1) is 6.29. The lowest BCUT2D eigenvalue weighted by molar-refractivity contribution is -0.118. The van der Waals surface area contributed by atoms with E-state index in [1.807, 2.05) is 0 Å². The lowest BCUT2D eigenvalue weighted by atomic mass is 10.3. The molecule has 1 N–H and O–H groups in total. The Kier molecular flexibility index (Phi) is 1.53. The van der Waals surface area contributed by atoms with Gasteiger partial charge < -0.3 is 10.1 Å². The maximum atomic E-state index is 10.7. The first-order valence-corrected chi connectivity index (χ1v) is 2.76. The van der Waals surface area contributed by atoms with Crippen LogP contribution in [0.25, 0.3) is 0 Å². The topological polar surface area (TPSA) is 38.3 Å². The maximum absolute atomic E-state index is 10.7. The third-order valence-electron chi connectivity index (χ3n) is 1.29. The minimum absolute atomic E-state index is 0.0400. The molecule has 0 aromatic carbocycles. The number of methoxy groups -OCH3 is 1. The van der Waals surface area contributed by atoms with Crippen LogP contribution in [0.1, 0.15) is 6.92 Å². The zero-order valence-corrected chi connectivity index (χ0v) is 5.47. The fourth-order valence-electron chi connectivity index (χ4n) is 0.714. The van der Waals surface area contributed by atoms with Gasteiger partial charge in [-0.15, -0.1) is 0 Å². The zero-order valence-electron chi connectivity index (χ0n) is 5.47. The third-order valence-corrected chi connectivity index (χ3v) is 1.29. The van der Waals surface area contributed by atoms with Crippen molar-refractivity contribution in [1.82, 2.24) is 5.32 Å². The van der Waals surface area contributed by atoms with Crippen LogP contribution in [0.3, 0.4) is 0 Å². The Morgan fingerprint density at radius 1 is 1.78 bits per heavy atom. The van der Waals surface area contributed by atoms with Crippen molar-refractivity contribution in [2.45, 2.75) is 13.2 Å². The van der Waals surface area contributed by atoms with Crippen LogP contribution in [0.4, 0.5) is 0 Å². The van der Waals surface area contributed by atoms with Crippen LogP contribution in [0.5, 0.6) is 0 Å². The molecule has 3 nitrogen and oxygen atoms in total. The summed E-state index contributed by atoms with van der Waals surface area (Å²) in [6, 6.07) is 0. The molecule has 1 unspecified atom stereocenters. The Balaban J connectivity index is 2.62. The summed E-state index contributed by atoms with van der Waals surface area (Å²) in [6.07, 6.45) is 1.54. The first-order chi connectivity index (χ1) is 4.24. The van der Waals surface area contributed by atoms with Gasteiger partial charge in [-0.2, -0.15) is 0 Å². The molecule has 1 aliphatic heterocycles. The molecule has 0 radical (unpaired) electrons. The molecule has 1 aliphatic rings. The standard InChI is InChI=1S/C6H9NO2/c1-4-3-5(9-2)7-6(4)8/h3,5H,1-2H3,(H,7,8). The molecule has 1 amide bonds. The fourth-order valence-corrected chi connectivity index (χ4v) is 0.714. The van der Waals surface area contributed by atoms with Crippen LogP contribution < -0.4 is 5.32 Å². The van der Waals surface area contributed by atoms with E-state index in [2.05, 4.69) is 5.32 Å². The molecule has 0 aromatic rings. The predicted octanol–water partition coefficient (Wildman–Crippen LogP) is 0.0350. The smallest absolute Gasteiger partial charge is 0.248 e. The summed E-state index contributed by atoms with van der Waals surface area (Å²) in [6.45, 7) is 1.76. The van der Waals surface area contributed by atoms with Crippen LogP contribution in [-0.4, -0.2) is 19.2 Å². The molecule has 0 spiro atoms. The van der Waals surface area contributed by atoms with Crippen molar-refractivity contribution < 1.29 is 9.53 Å². The van der Waals surface area contributed by atoms with Gasteiger partial charge in [0.05, 0.1) is 0 Å². The van der Waals surface area contributed by atoms with Crippen LogP contribution in [-0.2, 0) is 9.53 Å². The van der Waals surface area contributed by atoms with Gasteiger partial charge in [-0.25, -0.2) is 0 Å². The van der Waals surface area contributed by atoms with Gasteiger partial charge in [0, 0.05) is 12.7 Å². The van der Waals surface area contributed by atoms with E-state index in [-0.39, 0.29) is 12.1 Å². The van der Waals surface area contributed by atoms with E-state index in [9.17, 15) is 4.79 Å². The van der Waals surface area contributed by atoms with E-state index in [4.69, 9.17) is 4.74 Å². The lowest BCUT2D eigenvalue weighted by Crippen LogP contribution is -2.28. The SMILES string of the molecule is COC1C=C(C)C(=O)N1. The second-order valence-corrected chi connectivity index (χ2v) is 1.98. The number of nitrogens with one attached hydrogen (secondary N) is 1. The van der Waals surface area contributed by atoms with E-state index >= 15 is 0 Å². The monoisotopic (exact) mass is 127 g/mol. The Labute approximate surface area is 53.7 Å². The first-order valence-electron chi connectivity index (χ1n) is 2.76. The van der Waals surface area contributed by atoms with Crippen molar-refractivity contribution in [3.63, 3.8) is 0 Å². The minimum atomic E-state index is -0.211. The highest BCUT2D eigenvalue weighted by Gasteiger charge is 2.17. The second-order valence-electron chi connectivity index (χ2n) is 1.98. The number of amides is 1.